The Kier molecular flexibility index (Phi) is 4.31. The third kappa shape index (κ3) is 3.64. The number of hydrogen-bond acceptors (Lipinski definition) is 4. The molecule has 1 fully saturated rings. The lowest BCUT2D eigenvalue weighted by Crippen LogP contribution is -2.29. The molecule has 0 radical (unpaired) electrons. The zero-order valence-electron chi connectivity index (χ0n) is 12.1. The highest BCUT2D eigenvalue weighted by molar-refractivity contribution is 7.13. The molecule has 1 aliphatic heterocycles. The van der Waals surface area contributed by atoms with Crippen molar-refractivity contribution in [2.45, 2.75) is 31.4 Å². The van der Waals surface area contributed by atoms with Crippen LogP contribution in [0.4, 0.5) is 0 Å². The van der Waals surface area contributed by atoms with E-state index in [1.54, 1.807) is 11.3 Å². The van der Waals surface area contributed by atoms with Crippen LogP contribution in [0.5, 0.6) is 0 Å². The van der Waals surface area contributed by atoms with Gasteiger partial charge in [-0.05, 0) is 25.0 Å². The van der Waals surface area contributed by atoms with Gasteiger partial charge in [-0.3, -0.25) is 4.90 Å². The molecule has 5 heteroatoms. The van der Waals surface area contributed by atoms with E-state index in [0.717, 1.165) is 42.3 Å². The molecule has 1 N–H and O–H groups in total. The number of halogens is 1. The summed E-state index contributed by atoms with van der Waals surface area (Å²) in [5.41, 5.74) is 2.78. The second-order valence-corrected chi connectivity index (χ2v) is 7.06. The van der Waals surface area contributed by atoms with Crippen molar-refractivity contribution >= 4 is 22.9 Å². The topological polar surface area (TPSA) is 36.4 Å². The predicted molar refractivity (Wildman–Crippen MR) is 87.6 cm³/mol. The lowest BCUT2D eigenvalue weighted by Gasteiger charge is -2.19. The van der Waals surface area contributed by atoms with E-state index in [1.807, 2.05) is 12.3 Å². The first kappa shape index (κ1) is 15.0. The van der Waals surface area contributed by atoms with E-state index in [1.165, 1.54) is 5.56 Å². The lowest BCUT2D eigenvalue weighted by atomic mass is 10.1. The average molecular weight is 323 g/mol. The summed E-state index contributed by atoms with van der Waals surface area (Å²) < 4.78 is 0. The normalized spacial score (nSPS) is 22.8. The van der Waals surface area contributed by atoms with Crippen molar-refractivity contribution in [1.82, 2.24) is 9.88 Å². The molecule has 1 aromatic carbocycles. The summed E-state index contributed by atoms with van der Waals surface area (Å²) in [4.78, 5) is 6.82. The minimum atomic E-state index is -0.540. The second kappa shape index (κ2) is 6.05. The van der Waals surface area contributed by atoms with Crippen LogP contribution in [0.25, 0.3) is 10.6 Å². The van der Waals surface area contributed by atoms with Crippen LogP contribution in [0.2, 0.25) is 0 Å². The quantitative estimate of drug-likeness (QED) is 0.875. The number of aromatic nitrogens is 1. The molecule has 1 atom stereocenters. The van der Waals surface area contributed by atoms with Gasteiger partial charge in [0.15, 0.2) is 0 Å². The molecule has 2 heterocycles. The molecule has 3 nitrogen and oxygen atoms in total. The molecular formula is C16H19ClN2OS. The Labute approximate surface area is 134 Å². The highest BCUT2D eigenvalue weighted by atomic mass is 35.5. The van der Waals surface area contributed by atoms with Crippen LogP contribution in [-0.2, 0) is 12.4 Å². The fourth-order valence-electron chi connectivity index (χ4n) is 2.74. The fourth-order valence-corrected chi connectivity index (χ4v) is 3.78. The number of β-amino-alcohol motifs (C(OH)–C–C–N with tert-alkyl or cyclic N) is 1. The molecule has 0 spiro atoms. The van der Waals surface area contributed by atoms with E-state index in [0.29, 0.717) is 5.88 Å². The van der Waals surface area contributed by atoms with E-state index in [-0.39, 0.29) is 0 Å². The number of nitrogens with zero attached hydrogens (tertiary/aromatic N) is 2. The highest BCUT2D eigenvalue weighted by Gasteiger charge is 2.30. The first-order valence-electron chi connectivity index (χ1n) is 7.10. The van der Waals surface area contributed by atoms with Crippen molar-refractivity contribution in [3.63, 3.8) is 0 Å². The van der Waals surface area contributed by atoms with Crippen molar-refractivity contribution < 1.29 is 5.11 Å². The summed E-state index contributed by atoms with van der Waals surface area (Å²) in [6.45, 7) is 4.47. The van der Waals surface area contributed by atoms with Gasteiger partial charge in [0, 0.05) is 30.6 Å². The predicted octanol–water partition coefficient (Wildman–Crippen LogP) is 3.51. The number of rotatable bonds is 4. The van der Waals surface area contributed by atoms with Gasteiger partial charge in [-0.2, -0.15) is 0 Å². The van der Waals surface area contributed by atoms with Crippen LogP contribution in [0.3, 0.4) is 0 Å². The molecular weight excluding hydrogens is 304 g/mol. The third-order valence-electron chi connectivity index (χ3n) is 3.80. The number of aliphatic hydroxyl groups is 1. The Morgan fingerprint density at radius 2 is 2.33 bits per heavy atom. The highest BCUT2D eigenvalue weighted by Crippen LogP contribution is 2.27. The number of thiazole rings is 1. The minimum absolute atomic E-state index is 0.457. The first-order chi connectivity index (χ1) is 10.1. The second-order valence-electron chi connectivity index (χ2n) is 5.94. The molecule has 21 heavy (non-hydrogen) atoms. The number of alkyl halides is 1. The van der Waals surface area contributed by atoms with E-state index in [4.69, 9.17) is 11.6 Å². The van der Waals surface area contributed by atoms with Crippen LogP contribution in [0.1, 0.15) is 24.6 Å². The Morgan fingerprint density at radius 3 is 3.00 bits per heavy atom. The Balaban J connectivity index is 1.74. The van der Waals surface area contributed by atoms with E-state index in [2.05, 4.69) is 34.1 Å². The van der Waals surface area contributed by atoms with E-state index in [9.17, 15) is 5.11 Å². The van der Waals surface area contributed by atoms with Gasteiger partial charge in [-0.15, -0.1) is 22.9 Å². The maximum absolute atomic E-state index is 10.0. The Morgan fingerprint density at radius 1 is 1.48 bits per heavy atom. The van der Waals surface area contributed by atoms with Crippen molar-refractivity contribution in [2.75, 3.05) is 13.1 Å². The molecule has 0 aliphatic carbocycles. The SMILES string of the molecule is CC1(O)CCN(Cc2cccc(-c3nc(CCl)cs3)c2)C1. The average Bonchev–Trinajstić information content (AvgIpc) is 3.06. The molecule has 0 bridgehead atoms. The van der Waals surface area contributed by atoms with Crippen LogP contribution < -0.4 is 0 Å². The number of hydrogen-bond donors (Lipinski definition) is 1. The van der Waals surface area contributed by atoms with Gasteiger partial charge in [-0.1, -0.05) is 18.2 Å². The lowest BCUT2D eigenvalue weighted by molar-refractivity contribution is 0.0679. The number of likely N-dealkylation sites (tertiary alicyclic amines) is 1. The van der Waals surface area contributed by atoms with Crippen molar-refractivity contribution in [1.29, 1.82) is 0 Å². The summed E-state index contributed by atoms with van der Waals surface area (Å²) >= 11 is 7.44. The van der Waals surface area contributed by atoms with Gasteiger partial charge >= 0.3 is 0 Å². The molecule has 1 aromatic heterocycles. The molecule has 1 saturated heterocycles. The van der Waals surface area contributed by atoms with Gasteiger partial charge in [-0.25, -0.2) is 4.98 Å². The van der Waals surface area contributed by atoms with Crippen molar-refractivity contribution in [3.05, 3.63) is 40.9 Å². The van der Waals surface area contributed by atoms with E-state index >= 15 is 0 Å². The minimum Gasteiger partial charge on any atom is -0.389 e. The summed E-state index contributed by atoms with van der Waals surface area (Å²) in [5, 5.41) is 13.1. The fraction of sp³-hybridized carbons (Fsp3) is 0.438. The van der Waals surface area contributed by atoms with Crippen molar-refractivity contribution in [2.24, 2.45) is 0 Å². The first-order valence-corrected chi connectivity index (χ1v) is 8.52. The molecule has 3 rings (SSSR count). The van der Waals surface area contributed by atoms with Gasteiger partial charge in [0.2, 0.25) is 0 Å². The zero-order chi connectivity index (χ0) is 14.9. The van der Waals surface area contributed by atoms with Gasteiger partial charge in [0.05, 0.1) is 17.2 Å². The van der Waals surface area contributed by atoms with Gasteiger partial charge in [0.1, 0.15) is 5.01 Å². The maximum Gasteiger partial charge on any atom is 0.123 e. The van der Waals surface area contributed by atoms with Crippen LogP contribution in [0, 0.1) is 0 Å². The largest absolute Gasteiger partial charge is 0.389 e. The summed E-state index contributed by atoms with van der Waals surface area (Å²) in [6, 6.07) is 8.47. The molecule has 1 unspecified atom stereocenters. The third-order valence-corrected chi connectivity index (χ3v) is 5.01. The summed E-state index contributed by atoms with van der Waals surface area (Å²) in [5.74, 6) is 0.457. The van der Waals surface area contributed by atoms with Crippen LogP contribution in [-0.4, -0.2) is 33.7 Å². The summed E-state index contributed by atoms with van der Waals surface area (Å²) in [6.07, 6.45) is 0.845. The van der Waals surface area contributed by atoms with Crippen LogP contribution >= 0.6 is 22.9 Å². The van der Waals surface area contributed by atoms with Gasteiger partial charge < -0.3 is 5.11 Å². The standard InChI is InChI=1S/C16H19ClN2OS/c1-16(20)5-6-19(11-16)9-12-3-2-4-13(7-12)15-18-14(8-17)10-21-15/h2-4,7,10,20H,5-6,8-9,11H2,1H3. The zero-order valence-corrected chi connectivity index (χ0v) is 13.6. The van der Waals surface area contributed by atoms with Crippen molar-refractivity contribution in [3.8, 4) is 10.6 Å². The molecule has 0 saturated carbocycles. The molecule has 1 aliphatic rings. The maximum atomic E-state index is 10.0. The number of benzene rings is 1. The molecule has 112 valence electrons. The summed E-state index contributed by atoms with van der Waals surface area (Å²) in [7, 11) is 0. The molecule has 0 amide bonds. The Bertz CT molecular complexity index is 626. The monoisotopic (exact) mass is 322 g/mol. The Hall–Kier alpha value is -0.940. The smallest absolute Gasteiger partial charge is 0.123 e. The molecule has 2 aromatic rings. The van der Waals surface area contributed by atoms with Crippen LogP contribution in [0.15, 0.2) is 29.6 Å². The van der Waals surface area contributed by atoms with E-state index < -0.39 is 5.60 Å². The van der Waals surface area contributed by atoms with Gasteiger partial charge in [0.25, 0.3) is 0 Å².